The highest BCUT2D eigenvalue weighted by molar-refractivity contribution is 6.32. The fourth-order valence-corrected chi connectivity index (χ4v) is 3.16. The summed E-state index contributed by atoms with van der Waals surface area (Å²) in [6.45, 7) is 8.84. The van der Waals surface area contributed by atoms with E-state index in [4.69, 9.17) is 21.1 Å². The molecule has 2 aromatic rings. The van der Waals surface area contributed by atoms with Crippen molar-refractivity contribution >= 4 is 28.9 Å². The summed E-state index contributed by atoms with van der Waals surface area (Å²) >= 11 is 6.18. The van der Waals surface area contributed by atoms with Crippen LogP contribution < -0.4 is 15.0 Å². The third kappa shape index (κ3) is 4.93. The number of benzene rings is 2. The fourth-order valence-electron chi connectivity index (χ4n) is 3.05. The molecule has 1 aliphatic heterocycles. The Morgan fingerprint density at radius 3 is 2.33 bits per heavy atom. The molecule has 0 radical (unpaired) electrons. The van der Waals surface area contributed by atoms with Crippen LogP contribution in [0.15, 0.2) is 36.4 Å². The molecule has 5 nitrogen and oxygen atoms in total. The van der Waals surface area contributed by atoms with E-state index in [1.165, 1.54) is 0 Å². The van der Waals surface area contributed by atoms with Crippen LogP contribution >= 0.6 is 11.6 Å². The van der Waals surface area contributed by atoms with Gasteiger partial charge in [-0.25, -0.2) is 0 Å². The number of rotatable bonds is 5. The third-order valence-corrected chi connectivity index (χ3v) is 5.20. The molecule has 0 aliphatic carbocycles. The maximum atomic E-state index is 12.5. The lowest BCUT2D eigenvalue weighted by atomic mass is 10.1. The van der Waals surface area contributed by atoms with Gasteiger partial charge in [0.15, 0.2) is 6.10 Å². The van der Waals surface area contributed by atoms with Crippen LogP contribution in [0.2, 0.25) is 5.02 Å². The fraction of sp³-hybridized carbons (Fsp3) is 0.381. The average Bonchev–Trinajstić information content (AvgIpc) is 2.67. The average molecular weight is 389 g/mol. The highest BCUT2D eigenvalue weighted by Crippen LogP contribution is 2.26. The molecule has 0 bridgehead atoms. The molecule has 1 fully saturated rings. The van der Waals surface area contributed by atoms with Crippen molar-refractivity contribution in [2.24, 2.45) is 0 Å². The molecule has 2 aromatic carbocycles. The number of morpholine rings is 1. The molecule has 1 N–H and O–H groups in total. The quantitative estimate of drug-likeness (QED) is 0.834. The van der Waals surface area contributed by atoms with E-state index >= 15 is 0 Å². The summed E-state index contributed by atoms with van der Waals surface area (Å²) in [6.07, 6.45) is -0.621. The second-order valence-electron chi connectivity index (χ2n) is 6.77. The Morgan fingerprint density at radius 2 is 1.74 bits per heavy atom. The summed E-state index contributed by atoms with van der Waals surface area (Å²) in [5, 5.41) is 3.62. The molecule has 0 spiro atoms. The lowest BCUT2D eigenvalue weighted by Crippen LogP contribution is -2.36. The maximum Gasteiger partial charge on any atom is 0.265 e. The number of hydrogen-bond acceptors (Lipinski definition) is 4. The number of nitrogens with one attached hydrogen (secondary N) is 1. The first-order valence-electron chi connectivity index (χ1n) is 9.11. The molecule has 144 valence electrons. The molecule has 1 heterocycles. The minimum atomic E-state index is -0.621. The van der Waals surface area contributed by atoms with Crippen molar-refractivity contribution in [1.82, 2.24) is 0 Å². The predicted molar refractivity (Wildman–Crippen MR) is 109 cm³/mol. The Morgan fingerprint density at radius 1 is 1.15 bits per heavy atom. The Bertz CT molecular complexity index is 779. The number of aryl methyl sites for hydroxylation is 2. The highest BCUT2D eigenvalue weighted by Gasteiger charge is 2.16. The van der Waals surface area contributed by atoms with Crippen LogP contribution in [0.5, 0.6) is 5.75 Å². The van der Waals surface area contributed by atoms with Crippen molar-refractivity contribution < 1.29 is 14.3 Å². The van der Waals surface area contributed by atoms with Crippen LogP contribution in [0.4, 0.5) is 11.4 Å². The van der Waals surface area contributed by atoms with Crippen LogP contribution in [0.3, 0.4) is 0 Å². The van der Waals surface area contributed by atoms with Crippen LogP contribution in [0.25, 0.3) is 0 Å². The largest absolute Gasteiger partial charge is 0.481 e. The van der Waals surface area contributed by atoms with E-state index in [-0.39, 0.29) is 5.91 Å². The molecule has 6 heteroatoms. The van der Waals surface area contributed by atoms with Crippen molar-refractivity contribution in [2.45, 2.75) is 26.9 Å². The topological polar surface area (TPSA) is 50.8 Å². The van der Waals surface area contributed by atoms with Gasteiger partial charge in [-0.3, -0.25) is 4.79 Å². The third-order valence-electron chi connectivity index (χ3n) is 4.60. The number of anilines is 2. The predicted octanol–water partition coefficient (Wildman–Crippen LogP) is 4.20. The van der Waals surface area contributed by atoms with E-state index in [1.807, 2.05) is 50.2 Å². The molecule has 0 saturated carbocycles. The number of ether oxygens (including phenoxy) is 2. The number of halogens is 1. The van der Waals surface area contributed by atoms with E-state index < -0.39 is 6.10 Å². The van der Waals surface area contributed by atoms with Crippen molar-refractivity contribution in [3.63, 3.8) is 0 Å². The first-order valence-corrected chi connectivity index (χ1v) is 9.49. The lowest BCUT2D eigenvalue weighted by molar-refractivity contribution is -0.122. The van der Waals surface area contributed by atoms with Crippen molar-refractivity contribution in [3.8, 4) is 5.75 Å². The second-order valence-corrected chi connectivity index (χ2v) is 7.14. The van der Waals surface area contributed by atoms with Crippen molar-refractivity contribution in [3.05, 3.63) is 52.5 Å². The highest BCUT2D eigenvalue weighted by atomic mass is 35.5. The number of carbonyl (C=O) groups is 1. The summed E-state index contributed by atoms with van der Waals surface area (Å²) in [7, 11) is 0. The summed E-state index contributed by atoms with van der Waals surface area (Å²) in [4.78, 5) is 14.7. The van der Waals surface area contributed by atoms with Gasteiger partial charge in [-0.1, -0.05) is 11.6 Å². The van der Waals surface area contributed by atoms with E-state index in [0.717, 1.165) is 53.8 Å². The van der Waals surface area contributed by atoms with Gasteiger partial charge in [0, 0.05) is 29.5 Å². The van der Waals surface area contributed by atoms with Gasteiger partial charge in [0.2, 0.25) is 0 Å². The van der Waals surface area contributed by atoms with Gasteiger partial charge in [-0.05, 0) is 68.3 Å². The summed E-state index contributed by atoms with van der Waals surface area (Å²) in [6, 6.07) is 11.5. The molecule has 1 amide bonds. The molecule has 3 rings (SSSR count). The summed E-state index contributed by atoms with van der Waals surface area (Å²) in [5.41, 5.74) is 3.74. The van der Waals surface area contributed by atoms with Gasteiger partial charge in [-0.2, -0.15) is 0 Å². The van der Waals surface area contributed by atoms with E-state index in [1.54, 1.807) is 6.92 Å². The maximum absolute atomic E-state index is 12.5. The summed E-state index contributed by atoms with van der Waals surface area (Å²) in [5.74, 6) is 0.444. The Kier molecular flexibility index (Phi) is 6.24. The Balaban J connectivity index is 1.59. The molecular weight excluding hydrogens is 364 g/mol. The minimum Gasteiger partial charge on any atom is -0.481 e. The van der Waals surface area contributed by atoms with Gasteiger partial charge < -0.3 is 19.7 Å². The number of carbonyl (C=O) groups excluding carboxylic acids is 1. The van der Waals surface area contributed by atoms with Crippen molar-refractivity contribution in [1.29, 1.82) is 0 Å². The number of nitrogens with zero attached hydrogens (tertiary/aromatic N) is 1. The van der Waals surface area contributed by atoms with Crippen LogP contribution in [-0.4, -0.2) is 38.3 Å². The zero-order valence-corrected chi connectivity index (χ0v) is 16.7. The van der Waals surface area contributed by atoms with E-state index in [2.05, 4.69) is 10.2 Å². The molecule has 1 aliphatic rings. The molecule has 1 saturated heterocycles. The van der Waals surface area contributed by atoms with Crippen molar-refractivity contribution in [2.75, 3.05) is 36.5 Å². The van der Waals surface area contributed by atoms with E-state index in [9.17, 15) is 4.79 Å². The molecule has 0 unspecified atom stereocenters. The van der Waals surface area contributed by atoms with Gasteiger partial charge in [0.1, 0.15) is 5.75 Å². The molecule has 1 atom stereocenters. The monoisotopic (exact) mass is 388 g/mol. The smallest absolute Gasteiger partial charge is 0.265 e. The van der Waals surface area contributed by atoms with Crippen LogP contribution in [0, 0.1) is 13.8 Å². The zero-order valence-electron chi connectivity index (χ0n) is 15.9. The molecule has 27 heavy (non-hydrogen) atoms. The minimum absolute atomic E-state index is 0.195. The number of amides is 1. The van der Waals surface area contributed by atoms with E-state index in [0.29, 0.717) is 5.75 Å². The van der Waals surface area contributed by atoms with Gasteiger partial charge in [0.25, 0.3) is 5.91 Å². The summed E-state index contributed by atoms with van der Waals surface area (Å²) < 4.78 is 11.2. The van der Waals surface area contributed by atoms with Gasteiger partial charge >= 0.3 is 0 Å². The normalized spacial score (nSPS) is 15.3. The zero-order chi connectivity index (χ0) is 19.4. The van der Waals surface area contributed by atoms with Crippen LogP contribution in [0.1, 0.15) is 18.1 Å². The first kappa shape index (κ1) is 19.5. The van der Waals surface area contributed by atoms with Gasteiger partial charge in [0.05, 0.1) is 13.2 Å². The standard InChI is InChI=1S/C21H25ClN2O3/c1-14-12-19(13-15(2)20(14)22)27-16(3)21(25)23-17-4-6-18(7-5-17)24-8-10-26-11-9-24/h4-7,12-13,16H,8-11H2,1-3H3,(H,23,25)/t16-/m1/s1. The Hall–Kier alpha value is -2.24. The first-order chi connectivity index (χ1) is 12.9. The molecule has 0 aromatic heterocycles. The molecular formula is C21H25ClN2O3. The Labute approximate surface area is 165 Å². The lowest BCUT2D eigenvalue weighted by Gasteiger charge is -2.29. The SMILES string of the molecule is Cc1cc(O[C@H](C)C(=O)Nc2ccc(N3CCOCC3)cc2)cc(C)c1Cl. The van der Waals surface area contributed by atoms with Gasteiger partial charge in [-0.15, -0.1) is 0 Å². The number of hydrogen-bond donors (Lipinski definition) is 1. The van der Waals surface area contributed by atoms with Crippen LogP contribution in [-0.2, 0) is 9.53 Å². The second kappa shape index (κ2) is 8.63.